The van der Waals surface area contributed by atoms with E-state index in [4.69, 9.17) is 10.5 Å². The van der Waals surface area contributed by atoms with Crippen LogP contribution in [0.3, 0.4) is 0 Å². The molecule has 1 aliphatic carbocycles. The number of nitrogens with one attached hydrogen (secondary N) is 1. The summed E-state index contributed by atoms with van der Waals surface area (Å²) in [5, 5.41) is 0. The third-order valence-electron chi connectivity index (χ3n) is 5.28. The maximum Gasteiger partial charge on any atom is 0.253 e. The highest BCUT2D eigenvalue weighted by Gasteiger charge is 2.29. The van der Waals surface area contributed by atoms with E-state index in [1.54, 1.807) is 17.0 Å². The zero-order chi connectivity index (χ0) is 18.7. The molecule has 1 atom stereocenters. The number of ether oxygens (including phenoxy) is 1. The Hall–Kier alpha value is -1.35. The van der Waals surface area contributed by atoms with Crippen LogP contribution in [-0.4, -0.2) is 52.0 Å². The van der Waals surface area contributed by atoms with Crippen LogP contribution in [-0.2, 0) is 10.0 Å². The van der Waals surface area contributed by atoms with Gasteiger partial charge in [-0.3, -0.25) is 4.79 Å². The molecule has 1 heterocycles. The lowest BCUT2D eigenvalue weighted by atomic mass is 10.1. The normalized spacial score (nSPS) is 20.5. The Bertz CT molecular complexity index is 766. The molecular formula is C18H28ClN3O4S. The Morgan fingerprint density at radius 1 is 1.30 bits per heavy atom. The van der Waals surface area contributed by atoms with Gasteiger partial charge < -0.3 is 15.4 Å². The number of amides is 1. The van der Waals surface area contributed by atoms with Gasteiger partial charge in [0.15, 0.2) is 0 Å². The molecule has 1 aliphatic heterocycles. The number of sulfonamides is 1. The number of rotatable bonds is 6. The number of hydrogen-bond donors (Lipinski definition) is 2. The summed E-state index contributed by atoms with van der Waals surface area (Å²) in [4.78, 5) is 14.5. The van der Waals surface area contributed by atoms with Crippen molar-refractivity contribution in [3.8, 4) is 5.75 Å². The minimum Gasteiger partial charge on any atom is -0.495 e. The number of carbonyl (C=O) groups is 1. The van der Waals surface area contributed by atoms with Crippen LogP contribution in [0.1, 0.15) is 42.5 Å². The van der Waals surface area contributed by atoms with E-state index < -0.39 is 10.0 Å². The van der Waals surface area contributed by atoms with Crippen molar-refractivity contribution in [3.05, 3.63) is 23.8 Å². The molecule has 2 aliphatic rings. The minimum absolute atomic E-state index is 0. The van der Waals surface area contributed by atoms with Gasteiger partial charge in [-0.1, -0.05) is 12.8 Å². The van der Waals surface area contributed by atoms with Gasteiger partial charge in [-0.15, -0.1) is 12.4 Å². The van der Waals surface area contributed by atoms with Crippen molar-refractivity contribution in [2.24, 2.45) is 11.7 Å². The SMILES string of the molecule is COc1ccc(C(=O)N2CCC(CN)C2)cc1S(=O)(=O)NC1CCCC1.Cl. The molecule has 9 heteroatoms. The second-order valence-corrected chi connectivity index (χ2v) is 8.79. The van der Waals surface area contributed by atoms with Gasteiger partial charge in [0.25, 0.3) is 5.91 Å². The van der Waals surface area contributed by atoms with Crippen molar-refractivity contribution >= 4 is 28.3 Å². The Kier molecular flexibility index (Phi) is 7.50. The summed E-state index contributed by atoms with van der Waals surface area (Å²) in [6.07, 6.45) is 4.62. The lowest BCUT2D eigenvalue weighted by Crippen LogP contribution is -2.33. The average molecular weight is 418 g/mol. The van der Waals surface area contributed by atoms with Gasteiger partial charge in [-0.05, 0) is 49.9 Å². The number of nitrogens with two attached hydrogens (primary N) is 1. The summed E-state index contributed by atoms with van der Waals surface area (Å²) >= 11 is 0. The van der Waals surface area contributed by atoms with Gasteiger partial charge >= 0.3 is 0 Å². The fourth-order valence-electron chi connectivity index (χ4n) is 3.74. The van der Waals surface area contributed by atoms with Gasteiger partial charge in [0.2, 0.25) is 10.0 Å². The molecule has 27 heavy (non-hydrogen) atoms. The number of carbonyl (C=O) groups excluding carboxylic acids is 1. The van der Waals surface area contributed by atoms with Crippen LogP contribution in [0, 0.1) is 5.92 Å². The number of methoxy groups -OCH3 is 1. The largest absolute Gasteiger partial charge is 0.495 e. The summed E-state index contributed by atoms with van der Waals surface area (Å²) in [6.45, 7) is 1.82. The van der Waals surface area contributed by atoms with Crippen LogP contribution in [0.25, 0.3) is 0 Å². The molecule has 1 aromatic rings. The van der Waals surface area contributed by atoms with Crippen molar-refractivity contribution in [3.63, 3.8) is 0 Å². The van der Waals surface area contributed by atoms with Crippen LogP contribution in [0.5, 0.6) is 5.75 Å². The summed E-state index contributed by atoms with van der Waals surface area (Å²) < 4.78 is 33.6. The Balaban J connectivity index is 0.00000261. The Morgan fingerprint density at radius 3 is 2.59 bits per heavy atom. The summed E-state index contributed by atoms with van der Waals surface area (Å²) in [6, 6.07) is 4.54. The number of nitrogens with zero attached hydrogens (tertiary/aromatic N) is 1. The predicted octanol–water partition coefficient (Wildman–Crippen LogP) is 1.76. The van der Waals surface area contributed by atoms with Crippen molar-refractivity contribution < 1.29 is 17.9 Å². The smallest absolute Gasteiger partial charge is 0.253 e. The van der Waals surface area contributed by atoms with E-state index in [9.17, 15) is 13.2 Å². The zero-order valence-electron chi connectivity index (χ0n) is 15.5. The number of benzene rings is 1. The first-order valence-electron chi connectivity index (χ1n) is 9.14. The zero-order valence-corrected chi connectivity index (χ0v) is 17.2. The molecule has 1 unspecified atom stereocenters. The second-order valence-electron chi connectivity index (χ2n) is 7.11. The lowest BCUT2D eigenvalue weighted by molar-refractivity contribution is 0.0787. The first kappa shape index (κ1) is 21.9. The van der Waals surface area contributed by atoms with Gasteiger partial charge in [0.1, 0.15) is 10.6 Å². The monoisotopic (exact) mass is 417 g/mol. The first-order valence-corrected chi connectivity index (χ1v) is 10.6. The van der Waals surface area contributed by atoms with E-state index in [1.165, 1.54) is 13.2 Å². The molecule has 7 nitrogen and oxygen atoms in total. The predicted molar refractivity (Wildman–Crippen MR) is 106 cm³/mol. The molecule has 1 saturated carbocycles. The molecule has 3 N–H and O–H groups in total. The van der Waals surface area contributed by atoms with Crippen LogP contribution in [0.15, 0.2) is 23.1 Å². The number of likely N-dealkylation sites (tertiary alicyclic amines) is 1. The minimum atomic E-state index is -3.75. The van der Waals surface area contributed by atoms with E-state index in [2.05, 4.69) is 4.72 Å². The summed E-state index contributed by atoms with van der Waals surface area (Å²) in [7, 11) is -2.32. The standard InChI is InChI=1S/C18H27N3O4S.ClH/c1-25-16-7-6-14(18(22)21-9-8-13(11-19)12-21)10-17(16)26(23,24)20-15-4-2-3-5-15;/h6-7,10,13,15,20H,2-5,8-9,11-12,19H2,1H3;1H. The van der Waals surface area contributed by atoms with E-state index >= 15 is 0 Å². The molecule has 1 aromatic carbocycles. The van der Waals surface area contributed by atoms with E-state index in [1.807, 2.05) is 0 Å². The molecule has 152 valence electrons. The van der Waals surface area contributed by atoms with Crippen molar-refractivity contribution in [2.45, 2.75) is 43.0 Å². The van der Waals surface area contributed by atoms with E-state index in [0.717, 1.165) is 32.1 Å². The third-order valence-corrected chi connectivity index (χ3v) is 6.83. The fraction of sp³-hybridized carbons (Fsp3) is 0.611. The highest BCUT2D eigenvalue weighted by molar-refractivity contribution is 7.89. The van der Waals surface area contributed by atoms with Gasteiger partial charge in [-0.2, -0.15) is 0 Å². The quantitative estimate of drug-likeness (QED) is 0.734. The van der Waals surface area contributed by atoms with Crippen LogP contribution >= 0.6 is 12.4 Å². The van der Waals surface area contributed by atoms with E-state index in [0.29, 0.717) is 31.1 Å². The topological polar surface area (TPSA) is 102 Å². The molecule has 1 saturated heterocycles. The van der Waals surface area contributed by atoms with Crippen LogP contribution < -0.4 is 15.2 Å². The second kappa shape index (κ2) is 9.23. The molecule has 0 spiro atoms. The van der Waals surface area contributed by atoms with Crippen molar-refractivity contribution in [2.75, 3.05) is 26.7 Å². The van der Waals surface area contributed by atoms with Gasteiger partial charge in [-0.25, -0.2) is 13.1 Å². The maximum atomic E-state index is 12.8. The van der Waals surface area contributed by atoms with E-state index in [-0.39, 0.29) is 35.0 Å². The van der Waals surface area contributed by atoms with Gasteiger partial charge in [0.05, 0.1) is 7.11 Å². The maximum absolute atomic E-state index is 12.8. The van der Waals surface area contributed by atoms with Crippen molar-refractivity contribution in [1.82, 2.24) is 9.62 Å². The molecule has 0 radical (unpaired) electrons. The van der Waals surface area contributed by atoms with Gasteiger partial charge in [0, 0.05) is 24.7 Å². The Morgan fingerprint density at radius 2 is 2.00 bits per heavy atom. The Labute approximate surface area is 167 Å². The molecular weight excluding hydrogens is 390 g/mol. The summed E-state index contributed by atoms with van der Waals surface area (Å²) in [5.74, 6) is 0.388. The lowest BCUT2D eigenvalue weighted by Gasteiger charge is -2.19. The average Bonchev–Trinajstić information content (AvgIpc) is 3.31. The highest BCUT2D eigenvalue weighted by Crippen LogP contribution is 2.28. The molecule has 1 amide bonds. The molecule has 2 fully saturated rings. The fourth-order valence-corrected chi connectivity index (χ4v) is 5.24. The number of hydrogen-bond acceptors (Lipinski definition) is 5. The van der Waals surface area contributed by atoms with Crippen LogP contribution in [0.2, 0.25) is 0 Å². The third kappa shape index (κ3) is 4.93. The highest BCUT2D eigenvalue weighted by atomic mass is 35.5. The molecule has 3 rings (SSSR count). The molecule has 0 bridgehead atoms. The van der Waals surface area contributed by atoms with Crippen molar-refractivity contribution in [1.29, 1.82) is 0 Å². The first-order chi connectivity index (χ1) is 12.4. The van der Waals surface area contributed by atoms with Crippen LogP contribution in [0.4, 0.5) is 0 Å². The number of halogens is 1. The summed E-state index contributed by atoms with van der Waals surface area (Å²) in [5.41, 5.74) is 6.05. The molecule has 0 aromatic heterocycles.